The first-order valence-electron chi connectivity index (χ1n) is 7.23. The van der Waals surface area contributed by atoms with Crippen molar-refractivity contribution in [3.63, 3.8) is 0 Å². The minimum absolute atomic E-state index is 0.234. The lowest BCUT2D eigenvalue weighted by atomic mass is 10.2. The van der Waals surface area contributed by atoms with Gasteiger partial charge in [0, 0.05) is 15.6 Å². The number of ether oxygens (including phenoxy) is 2. The molecule has 2 aromatic carbocycles. The number of anilines is 1. The molecule has 0 saturated heterocycles. The molecule has 0 aliphatic heterocycles. The molecule has 0 unspecified atom stereocenters. The number of nitrogens with one attached hydrogen (secondary N) is 1. The van der Waals surface area contributed by atoms with Crippen molar-refractivity contribution in [3.05, 3.63) is 52.5 Å². The van der Waals surface area contributed by atoms with Crippen LogP contribution in [0.2, 0.25) is 0 Å². The van der Waals surface area contributed by atoms with E-state index >= 15 is 0 Å². The number of benzene rings is 2. The Morgan fingerprint density at radius 3 is 2.44 bits per heavy atom. The average Bonchev–Trinajstić information content (AvgIpc) is 3.10. The molecule has 128 valence electrons. The molecule has 0 atom stereocenters. The van der Waals surface area contributed by atoms with Gasteiger partial charge in [0.2, 0.25) is 5.13 Å². The molecular formula is C17H14BrN3O3S. The molecule has 0 aliphatic carbocycles. The van der Waals surface area contributed by atoms with E-state index in [0.717, 1.165) is 10.0 Å². The summed E-state index contributed by atoms with van der Waals surface area (Å²) in [4.78, 5) is 12.2. The van der Waals surface area contributed by atoms with Gasteiger partial charge < -0.3 is 9.47 Å². The van der Waals surface area contributed by atoms with E-state index in [1.807, 2.05) is 24.3 Å². The summed E-state index contributed by atoms with van der Waals surface area (Å²) in [7, 11) is 3.16. The van der Waals surface area contributed by atoms with Crippen molar-refractivity contribution in [2.24, 2.45) is 0 Å². The number of rotatable bonds is 5. The zero-order chi connectivity index (χ0) is 17.8. The molecule has 0 aliphatic rings. The van der Waals surface area contributed by atoms with Gasteiger partial charge in [0.05, 0.1) is 14.2 Å². The van der Waals surface area contributed by atoms with Gasteiger partial charge in [-0.05, 0) is 42.5 Å². The summed E-state index contributed by atoms with van der Waals surface area (Å²) >= 11 is 4.63. The maximum atomic E-state index is 12.2. The zero-order valence-electron chi connectivity index (χ0n) is 13.4. The Bertz CT molecular complexity index is 896. The van der Waals surface area contributed by atoms with Crippen molar-refractivity contribution < 1.29 is 14.3 Å². The van der Waals surface area contributed by atoms with E-state index in [2.05, 4.69) is 31.4 Å². The van der Waals surface area contributed by atoms with Gasteiger partial charge in [-0.25, -0.2) is 0 Å². The number of amides is 1. The molecule has 6 nitrogen and oxygen atoms in total. The minimum Gasteiger partial charge on any atom is -0.493 e. The largest absolute Gasteiger partial charge is 0.493 e. The molecule has 8 heteroatoms. The van der Waals surface area contributed by atoms with Crippen molar-refractivity contribution >= 4 is 38.3 Å². The molecule has 0 bridgehead atoms. The highest BCUT2D eigenvalue weighted by molar-refractivity contribution is 9.10. The van der Waals surface area contributed by atoms with Crippen LogP contribution < -0.4 is 14.8 Å². The summed E-state index contributed by atoms with van der Waals surface area (Å²) in [6.45, 7) is 0. The second-order valence-electron chi connectivity index (χ2n) is 4.94. The molecular weight excluding hydrogens is 406 g/mol. The van der Waals surface area contributed by atoms with Crippen LogP contribution in [0.5, 0.6) is 11.5 Å². The van der Waals surface area contributed by atoms with Gasteiger partial charge in [0.15, 0.2) is 11.5 Å². The van der Waals surface area contributed by atoms with Crippen molar-refractivity contribution in [3.8, 4) is 22.1 Å². The van der Waals surface area contributed by atoms with Crippen molar-refractivity contribution in [1.82, 2.24) is 10.2 Å². The SMILES string of the molecule is COc1ccc(-c2nnc(NC(=O)c3ccc(Br)cc3)s2)cc1OC. The van der Waals surface area contributed by atoms with E-state index < -0.39 is 0 Å². The molecule has 3 aromatic rings. The number of nitrogens with zero attached hydrogens (tertiary/aromatic N) is 2. The molecule has 0 fully saturated rings. The Morgan fingerprint density at radius 1 is 1.04 bits per heavy atom. The number of hydrogen-bond donors (Lipinski definition) is 1. The van der Waals surface area contributed by atoms with Crippen LogP contribution >= 0.6 is 27.3 Å². The lowest BCUT2D eigenvalue weighted by Crippen LogP contribution is -2.11. The van der Waals surface area contributed by atoms with Crippen LogP contribution in [0.1, 0.15) is 10.4 Å². The molecule has 0 spiro atoms. The van der Waals surface area contributed by atoms with Crippen LogP contribution in [0.25, 0.3) is 10.6 Å². The van der Waals surface area contributed by atoms with Crippen LogP contribution in [0.4, 0.5) is 5.13 Å². The van der Waals surface area contributed by atoms with E-state index in [4.69, 9.17) is 9.47 Å². The molecule has 1 N–H and O–H groups in total. The first kappa shape index (κ1) is 17.4. The number of carbonyl (C=O) groups is 1. The summed E-state index contributed by atoms with van der Waals surface area (Å²) in [5.41, 5.74) is 1.38. The van der Waals surface area contributed by atoms with Crippen LogP contribution in [-0.2, 0) is 0 Å². The van der Waals surface area contributed by atoms with E-state index in [-0.39, 0.29) is 5.91 Å². The van der Waals surface area contributed by atoms with Gasteiger partial charge in [-0.2, -0.15) is 0 Å². The molecule has 25 heavy (non-hydrogen) atoms. The molecule has 0 radical (unpaired) electrons. The third-order valence-corrected chi connectivity index (χ3v) is 4.80. The molecule has 1 heterocycles. The number of halogens is 1. The summed E-state index contributed by atoms with van der Waals surface area (Å²) in [6.07, 6.45) is 0. The third kappa shape index (κ3) is 3.97. The normalized spacial score (nSPS) is 10.4. The third-order valence-electron chi connectivity index (χ3n) is 3.38. The maximum absolute atomic E-state index is 12.2. The first-order valence-corrected chi connectivity index (χ1v) is 8.84. The summed E-state index contributed by atoms with van der Waals surface area (Å²) in [5, 5.41) is 12.0. The highest BCUT2D eigenvalue weighted by Gasteiger charge is 2.13. The number of carbonyl (C=O) groups excluding carboxylic acids is 1. The van der Waals surface area contributed by atoms with Crippen molar-refractivity contribution in [1.29, 1.82) is 0 Å². The Balaban J connectivity index is 1.78. The summed E-state index contributed by atoms with van der Waals surface area (Å²) in [5.74, 6) is 1.01. The number of aromatic nitrogens is 2. The van der Waals surface area contributed by atoms with E-state index in [1.54, 1.807) is 32.4 Å². The van der Waals surface area contributed by atoms with Crippen LogP contribution in [-0.4, -0.2) is 30.3 Å². The molecule has 1 amide bonds. The highest BCUT2D eigenvalue weighted by Crippen LogP contribution is 2.34. The van der Waals surface area contributed by atoms with Gasteiger partial charge in [-0.1, -0.05) is 27.3 Å². The highest BCUT2D eigenvalue weighted by atomic mass is 79.9. The van der Waals surface area contributed by atoms with Crippen molar-refractivity contribution in [2.45, 2.75) is 0 Å². The smallest absolute Gasteiger partial charge is 0.257 e. The second-order valence-corrected chi connectivity index (χ2v) is 6.84. The van der Waals surface area contributed by atoms with Gasteiger partial charge in [0.1, 0.15) is 5.01 Å². The van der Waals surface area contributed by atoms with Gasteiger partial charge in [-0.3, -0.25) is 10.1 Å². The Morgan fingerprint density at radius 2 is 1.76 bits per heavy atom. The fourth-order valence-corrected chi connectivity index (χ4v) is 3.13. The molecule has 1 aromatic heterocycles. The maximum Gasteiger partial charge on any atom is 0.257 e. The van der Waals surface area contributed by atoms with Gasteiger partial charge in [-0.15, -0.1) is 10.2 Å². The monoisotopic (exact) mass is 419 g/mol. The fraction of sp³-hybridized carbons (Fsp3) is 0.118. The molecule has 3 rings (SSSR count). The zero-order valence-corrected chi connectivity index (χ0v) is 15.8. The second kappa shape index (κ2) is 7.62. The van der Waals surface area contributed by atoms with Crippen LogP contribution in [0.15, 0.2) is 46.9 Å². The van der Waals surface area contributed by atoms with Crippen LogP contribution in [0, 0.1) is 0 Å². The van der Waals surface area contributed by atoms with E-state index in [0.29, 0.717) is 27.2 Å². The van der Waals surface area contributed by atoms with Crippen molar-refractivity contribution in [2.75, 3.05) is 19.5 Å². The average molecular weight is 420 g/mol. The quantitative estimate of drug-likeness (QED) is 0.669. The predicted molar refractivity (Wildman–Crippen MR) is 101 cm³/mol. The number of methoxy groups -OCH3 is 2. The van der Waals surface area contributed by atoms with E-state index in [1.165, 1.54) is 11.3 Å². The van der Waals surface area contributed by atoms with Gasteiger partial charge in [0.25, 0.3) is 5.91 Å². The standard InChI is InChI=1S/C17H14BrN3O3S/c1-23-13-8-5-11(9-14(13)24-2)16-20-21-17(25-16)19-15(22)10-3-6-12(18)7-4-10/h3-9H,1-2H3,(H,19,21,22). The van der Waals surface area contributed by atoms with Crippen LogP contribution in [0.3, 0.4) is 0 Å². The molecule has 0 saturated carbocycles. The Kier molecular flexibility index (Phi) is 5.30. The summed E-state index contributed by atoms with van der Waals surface area (Å²) < 4.78 is 11.4. The fourth-order valence-electron chi connectivity index (χ4n) is 2.13. The van der Waals surface area contributed by atoms with E-state index in [9.17, 15) is 4.79 Å². The predicted octanol–water partition coefficient (Wildman–Crippen LogP) is 4.24. The first-order chi connectivity index (χ1) is 12.1. The topological polar surface area (TPSA) is 73.3 Å². The van der Waals surface area contributed by atoms with Gasteiger partial charge >= 0.3 is 0 Å². The Hall–Kier alpha value is -2.45. The summed E-state index contributed by atoms with van der Waals surface area (Å²) in [6, 6.07) is 12.6. The Labute approximate surface area is 156 Å². The number of hydrogen-bond acceptors (Lipinski definition) is 6. The lowest BCUT2D eigenvalue weighted by Gasteiger charge is -2.07. The lowest BCUT2D eigenvalue weighted by molar-refractivity contribution is 0.102. The minimum atomic E-state index is -0.234.